The summed E-state index contributed by atoms with van der Waals surface area (Å²) in [4.78, 5) is 37.7. The largest absolute Gasteiger partial charge is 0.477 e. The van der Waals surface area contributed by atoms with Crippen LogP contribution in [0.15, 0.2) is 48.6 Å². The van der Waals surface area contributed by atoms with Gasteiger partial charge in [0.1, 0.15) is 13.2 Å². The third kappa shape index (κ3) is 70.6. The van der Waals surface area contributed by atoms with Crippen LogP contribution in [0, 0.1) is 0 Å². The number of nitrogens with zero attached hydrogens (tertiary/aromatic N) is 1. The molecular formula is C78H146NO8+. The number of carboxylic acids is 1. The zero-order valence-corrected chi connectivity index (χ0v) is 58.5. The molecule has 0 aliphatic heterocycles. The molecule has 510 valence electrons. The van der Waals surface area contributed by atoms with E-state index in [4.69, 9.17) is 18.9 Å². The first-order chi connectivity index (χ1) is 42.6. The van der Waals surface area contributed by atoms with Gasteiger partial charge in [0.2, 0.25) is 0 Å². The van der Waals surface area contributed by atoms with Crippen LogP contribution in [0.2, 0.25) is 0 Å². The van der Waals surface area contributed by atoms with E-state index in [-0.39, 0.29) is 38.2 Å². The van der Waals surface area contributed by atoms with Crippen LogP contribution in [0.3, 0.4) is 0 Å². The Morgan fingerprint density at radius 2 is 0.621 bits per heavy atom. The predicted molar refractivity (Wildman–Crippen MR) is 374 cm³/mol. The average molecular weight is 1230 g/mol. The second-order valence-corrected chi connectivity index (χ2v) is 27.0. The fourth-order valence-corrected chi connectivity index (χ4v) is 11.3. The lowest BCUT2D eigenvalue weighted by atomic mass is 10.0. The number of likely N-dealkylation sites (N-methyl/N-ethyl adjacent to an activating group) is 1. The van der Waals surface area contributed by atoms with Gasteiger partial charge in [0, 0.05) is 12.8 Å². The van der Waals surface area contributed by atoms with Crippen molar-refractivity contribution in [2.75, 3.05) is 47.5 Å². The van der Waals surface area contributed by atoms with Crippen LogP contribution in [-0.2, 0) is 33.3 Å². The number of ether oxygens (including phenoxy) is 4. The molecule has 0 heterocycles. The first-order valence-electron chi connectivity index (χ1n) is 37.8. The molecule has 0 bridgehead atoms. The molecule has 0 saturated heterocycles. The highest BCUT2D eigenvalue weighted by molar-refractivity contribution is 5.71. The topological polar surface area (TPSA) is 108 Å². The van der Waals surface area contributed by atoms with E-state index in [0.717, 1.165) is 51.4 Å². The van der Waals surface area contributed by atoms with Gasteiger partial charge in [0.15, 0.2) is 6.10 Å². The number of unbranched alkanes of at least 4 members (excludes halogenated alkanes) is 48. The van der Waals surface area contributed by atoms with E-state index in [1.807, 2.05) is 21.1 Å². The molecule has 87 heavy (non-hydrogen) atoms. The number of allylic oxidation sites excluding steroid dienone is 8. The van der Waals surface area contributed by atoms with Gasteiger partial charge in [-0.25, -0.2) is 4.79 Å². The number of hydrogen-bond acceptors (Lipinski definition) is 7. The third-order valence-electron chi connectivity index (χ3n) is 17.1. The van der Waals surface area contributed by atoms with Crippen molar-refractivity contribution in [1.29, 1.82) is 0 Å². The number of quaternary nitrogens is 1. The first kappa shape index (κ1) is 84.2. The molecule has 0 aromatic carbocycles. The Kier molecular flexibility index (Phi) is 67.0. The number of aliphatic carboxylic acids is 1. The van der Waals surface area contributed by atoms with E-state index in [1.165, 1.54) is 295 Å². The van der Waals surface area contributed by atoms with E-state index < -0.39 is 18.4 Å². The van der Waals surface area contributed by atoms with Gasteiger partial charge in [0.05, 0.1) is 34.4 Å². The Balaban J connectivity index is 4.02. The summed E-state index contributed by atoms with van der Waals surface area (Å²) in [6.07, 6.45) is 86.7. The minimum atomic E-state index is -1.51. The number of hydrogen-bond donors (Lipinski definition) is 1. The van der Waals surface area contributed by atoms with Gasteiger partial charge in [-0.3, -0.25) is 9.59 Å². The van der Waals surface area contributed by atoms with Crippen LogP contribution in [0.4, 0.5) is 0 Å². The van der Waals surface area contributed by atoms with Gasteiger partial charge in [-0.05, 0) is 77.0 Å². The van der Waals surface area contributed by atoms with E-state index >= 15 is 0 Å². The zero-order valence-electron chi connectivity index (χ0n) is 58.5. The monoisotopic (exact) mass is 1230 g/mol. The van der Waals surface area contributed by atoms with Crippen LogP contribution in [0.25, 0.3) is 0 Å². The highest BCUT2D eigenvalue weighted by Crippen LogP contribution is 2.19. The lowest BCUT2D eigenvalue weighted by Gasteiger charge is -2.25. The molecule has 0 spiro atoms. The normalized spacial score (nSPS) is 12.9. The van der Waals surface area contributed by atoms with E-state index in [1.54, 1.807) is 0 Å². The summed E-state index contributed by atoms with van der Waals surface area (Å²) in [5.41, 5.74) is 0. The minimum Gasteiger partial charge on any atom is -0.477 e. The molecule has 0 aliphatic rings. The van der Waals surface area contributed by atoms with E-state index in [0.29, 0.717) is 17.4 Å². The Bertz CT molecular complexity index is 1570. The van der Waals surface area contributed by atoms with Crippen LogP contribution < -0.4 is 0 Å². The van der Waals surface area contributed by atoms with Crippen LogP contribution in [0.1, 0.15) is 373 Å². The number of rotatable bonds is 71. The van der Waals surface area contributed by atoms with Crippen molar-refractivity contribution in [2.45, 2.75) is 386 Å². The van der Waals surface area contributed by atoms with Crippen LogP contribution in [0.5, 0.6) is 0 Å². The van der Waals surface area contributed by atoms with Crippen molar-refractivity contribution in [1.82, 2.24) is 0 Å². The van der Waals surface area contributed by atoms with Crippen molar-refractivity contribution in [3.05, 3.63) is 48.6 Å². The smallest absolute Gasteiger partial charge is 0.361 e. The van der Waals surface area contributed by atoms with E-state index in [2.05, 4.69) is 62.5 Å². The molecule has 0 fully saturated rings. The van der Waals surface area contributed by atoms with Crippen molar-refractivity contribution in [3.8, 4) is 0 Å². The second-order valence-electron chi connectivity index (χ2n) is 27.0. The zero-order chi connectivity index (χ0) is 63.3. The molecule has 0 aliphatic carbocycles. The molecule has 2 atom stereocenters. The summed E-state index contributed by atoms with van der Waals surface area (Å²) in [6, 6.07) is 0. The Morgan fingerprint density at radius 3 is 0.908 bits per heavy atom. The number of carbonyl (C=O) groups is 3. The summed E-state index contributed by atoms with van der Waals surface area (Å²) in [6.45, 7) is 4.92. The second kappa shape index (κ2) is 69.1. The Labute approximate surface area is 540 Å². The maximum atomic E-state index is 13.0. The lowest BCUT2D eigenvalue weighted by molar-refractivity contribution is -0.870. The van der Waals surface area contributed by atoms with Gasteiger partial charge in [0.25, 0.3) is 6.29 Å². The minimum absolute atomic E-state index is 0.177. The van der Waals surface area contributed by atoms with Crippen LogP contribution >= 0.6 is 0 Å². The van der Waals surface area contributed by atoms with Crippen molar-refractivity contribution >= 4 is 17.9 Å². The molecule has 0 amide bonds. The Hall–Kier alpha value is -2.75. The molecule has 2 unspecified atom stereocenters. The molecule has 0 aromatic heterocycles. The SMILES string of the molecule is CCCCCCC/C=C\C/C=C\CCCCCCCCCCCCCCCCCCCCCC(=O)OCC(COC(OCC[N+](C)(C)C)C(=O)O)OC(=O)CCCCCCCCCCCCCCCCCCCCC/C=C\C/C=C\CCCCCCC. The molecule has 0 radical (unpaired) electrons. The van der Waals surface area contributed by atoms with Gasteiger partial charge in [-0.1, -0.05) is 332 Å². The highest BCUT2D eigenvalue weighted by atomic mass is 16.7. The average Bonchev–Trinajstić information content (AvgIpc) is 3.51. The van der Waals surface area contributed by atoms with Gasteiger partial charge in [-0.15, -0.1) is 0 Å². The summed E-state index contributed by atoms with van der Waals surface area (Å²) in [7, 11) is 5.99. The van der Waals surface area contributed by atoms with E-state index in [9.17, 15) is 19.5 Å². The standard InChI is InChI=1S/C78H145NO8/c1-6-8-10-12-14-16-18-20-22-24-26-28-30-32-34-36-38-40-42-44-46-48-50-52-54-56-58-60-62-64-66-68-75(80)85-72-74(73-86-78(77(82)83)84-71-70-79(3,4)5)87-76(81)69-67-65-63-61-59-57-55-53-51-49-47-45-43-41-39-37-35-33-31-29-27-25-23-21-19-17-15-13-11-9-7-2/h18-21,24-27,74,78H,6-17,22-23,28-73H2,1-5H3/p+1/b20-18-,21-19-,26-24-,27-25-. The van der Waals surface area contributed by atoms with Gasteiger partial charge < -0.3 is 28.5 Å². The predicted octanol–water partition coefficient (Wildman–Crippen LogP) is 23.7. The van der Waals surface area contributed by atoms with Crippen LogP contribution in [-0.4, -0.2) is 87.4 Å². The highest BCUT2D eigenvalue weighted by Gasteiger charge is 2.25. The summed E-state index contributed by atoms with van der Waals surface area (Å²) >= 11 is 0. The molecule has 0 aromatic rings. The summed E-state index contributed by atoms with van der Waals surface area (Å²) < 4.78 is 23.0. The summed E-state index contributed by atoms with van der Waals surface area (Å²) in [5, 5.41) is 9.76. The van der Waals surface area contributed by atoms with Crippen molar-refractivity contribution < 1.29 is 42.9 Å². The lowest BCUT2D eigenvalue weighted by Crippen LogP contribution is -2.40. The first-order valence-corrected chi connectivity index (χ1v) is 37.8. The fraction of sp³-hybridized carbons (Fsp3) is 0.859. The molecule has 0 saturated carbocycles. The maximum absolute atomic E-state index is 13.0. The maximum Gasteiger partial charge on any atom is 0.361 e. The quantitative estimate of drug-likeness (QED) is 0.0211. The number of carboxylic acid groups (broad SMARTS) is 1. The Morgan fingerprint density at radius 1 is 0.345 bits per heavy atom. The van der Waals surface area contributed by atoms with Gasteiger partial charge >= 0.3 is 17.9 Å². The molecule has 1 N–H and O–H groups in total. The number of carbonyl (C=O) groups excluding carboxylic acids is 2. The molecular weight excluding hydrogens is 1080 g/mol. The third-order valence-corrected chi connectivity index (χ3v) is 17.1. The van der Waals surface area contributed by atoms with Crippen molar-refractivity contribution in [2.24, 2.45) is 0 Å². The summed E-state index contributed by atoms with van der Waals surface area (Å²) in [5.74, 6) is -1.98. The van der Waals surface area contributed by atoms with Gasteiger partial charge in [-0.2, -0.15) is 0 Å². The fourth-order valence-electron chi connectivity index (χ4n) is 11.3. The number of esters is 2. The molecule has 9 heteroatoms. The molecule has 9 nitrogen and oxygen atoms in total. The molecule has 0 rings (SSSR count). The van der Waals surface area contributed by atoms with Crippen molar-refractivity contribution in [3.63, 3.8) is 0 Å².